The molecule has 4 aromatic carbocycles. The van der Waals surface area contributed by atoms with Gasteiger partial charge in [0.1, 0.15) is 72.0 Å². The molecule has 7 aromatic rings. The largest absolute Gasteiger partial charge is 0.491 e. The third kappa shape index (κ3) is 10.3. The summed E-state index contributed by atoms with van der Waals surface area (Å²) < 4.78 is 49.2. The standard InChI is InChI=1S/C56H62N12O8/c1-5-37-45(41(9-1)73-33-21-65-13-25-69-26-14-65)53-57-49(37)61-54-46-38(6-2-10-42(46)74-34-22-66-15-27-70-28-16-66)51(58-54)63-56-48-40(8-4-12-44(48)76-36-24-68-19-31-72-32-20-68)52(60-56)64-55-47-39(50(59-55)62-53)7-3-11-43(47)75-35-23-67-17-29-71-30-18-67/h1-12H,13-36H2,(H2,57,58,59,60,61,62,63,64). The summed E-state index contributed by atoms with van der Waals surface area (Å²) in [6.07, 6.45) is 0. The Hall–Kier alpha value is -6.88. The molecular formula is C56H62N12O8. The minimum Gasteiger partial charge on any atom is -0.491 e. The summed E-state index contributed by atoms with van der Waals surface area (Å²) in [5, 5.41) is 3.19. The first-order chi connectivity index (χ1) is 37.7. The molecule has 9 heterocycles. The van der Waals surface area contributed by atoms with Crippen molar-refractivity contribution < 1.29 is 37.9 Å². The van der Waals surface area contributed by atoms with E-state index in [1.54, 1.807) is 0 Å². The molecule has 0 unspecified atom stereocenters. The first kappa shape index (κ1) is 48.7. The Kier molecular flexibility index (Phi) is 14.3. The summed E-state index contributed by atoms with van der Waals surface area (Å²) >= 11 is 0. The molecule has 0 amide bonds. The second kappa shape index (κ2) is 22.4. The van der Waals surface area contributed by atoms with Crippen molar-refractivity contribution >= 4 is 44.1 Å². The van der Waals surface area contributed by atoms with Crippen LogP contribution in [0.3, 0.4) is 0 Å². The second-order valence-electron chi connectivity index (χ2n) is 19.5. The predicted molar refractivity (Wildman–Crippen MR) is 287 cm³/mol. The van der Waals surface area contributed by atoms with Crippen LogP contribution in [-0.2, 0) is 18.9 Å². The van der Waals surface area contributed by atoms with Gasteiger partial charge >= 0.3 is 0 Å². The van der Waals surface area contributed by atoms with Gasteiger partial charge in [-0.25, -0.2) is 29.9 Å². The number of hydrogen-bond acceptors (Lipinski definition) is 18. The Morgan fingerprint density at radius 3 is 1.12 bits per heavy atom. The molecule has 3 aromatic heterocycles. The lowest BCUT2D eigenvalue weighted by Crippen LogP contribution is -2.38. The van der Waals surface area contributed by atoms with Crippen LogP contribution >= 0.6 is 0 Å². The Morgan fingerprint density at radius 2 is 0.684 bits per heavy atom. The van der Waals surface area contributed by atoms with E-state index in [0.717, 1.165) is 122 Å². The number of rotatable bonds is 16. The monoisotopic (exact) mass is 1030 g/mol. The molecule has 2 N–H and O–H groups in total. The fraction of sp³-hybridized carbons (Fsp3) is 0.429. The first-order valence-corrected chi connectivity index (χ1v) is 26.7. The molecule has 6 aliphatic heterocycles. The van der Waals surface area contributed by atoms with Gasteiger partial charge in [0.05, 0.1) is 74.8 Å². The SMILES string of the molecule is c1cc(OCCN2CCOCC2)c2c(c1)-c1nc-2nc2nc(nc3[nH]c(nc4[nH]c(n1)c1c(OCCN5CCOCC5)cccc41)c1c(OCCN4CCOCC4)cccc31)-c1c(OCCN3CCOCC3)cccc1-2. The van der Waals surface area contributed by atoms with E-state index in [-0.39, 0.29) is 0 Å². The molecule has 0 spiro atoms. The minimum absolute atomic E-state index is 0.418. The highest BCUT2D eigenvalue weighted by Gasteiger charge is 2.29. The average molecular weight is 1030 g/mol. The second-order valence-corrected chi connectivity index (χ2v) is 19.5. The van der Waals surface area contributed by atoms with Gasteiger partial charge in [-0.05, 0) is 24.3 Å². The highest BCUT2D eigenvalue weighted by molar-refractivity contribution is 6.11. The number of nitrogens with one attached hydrogen (secondary N) is 2. The summed E-state index contributed by atoms with van der Waals surface area (Å²) in [6.45, 7) is 17.5. The quantitative estimate of drug-likeness (QED) is 0.119. The third-order valence-electron chi connectivity index (χ3n) is 14.9. The normalized spacial score (nSPS) is 17.7. The smallest absolute Gasteiger partial charge is 0.168 e. The number of nitrogens with zero attached hydrogens (tertiary/aromatic N) is 10. The van der Waals surface area contributed by atoms with E-state index in [1.165, 1.54) is 0 Å². The summed E-state index contributed by atoms with van der Waals surface area (Å²) in [6, 6.07) is 24.0. The minimum atomic E-state index is 0.418. The van der Waals surface area contributed by atoms with E-state index < -0.39 is 0 Å². The fourth-order valence-electron chi connectivity index (χ4n) is 10.8. The maximum Gasteiger partial charge on any atom is 0.168 e. The van der Waals surface area contributed by atoms with Crippen LogP contribution in [0.1, 0.15) is 0 Å². The Bertz CT molecular complexity index is 3380. The summed E-state index contributed by atoms with van der Waals surface area (Å²) in [4.78, 5) is 48.9. The van der Waals surface area contributed by atoms with Crippen molar-refractivity contribution in [3.8, 4) is 68.5 Å². The van der Waals surface area contributed by atoms with Crippen LogP contribution in [0.25, 0.3) is 89.7 Å². The van der Waals surface area contributed by atoms with Gasteiger partial charge in [0.15, 0.2) is 23.3 Å². The molecule has 6 aliphatic rings. The van der Waals surface area contributed by atoms with Crippen LogP contribution in [0.5, 0.6) is 23.0 Å². The Labute approximate surface area is 439 Å². The Morgan fingerprint density at radius 1 is 0.355 bits per heavy atom. The fourth-order valence-corrected chi connectivity index (χ4v) is 10.8. The molecule has 4 fully saturated rings. The van der Waals surface area contributed by atoms with Gasteiger partial charge in [0, 0.05) is 100 Å². The third-order valence-corrected chi connectivity index (χ3v) is 14.9. The molecule has 0 atom stereocenters. The number of benzene rings is 4. The van der Waals surface area contributed by atoms with Crippen molar-refractivity contribution in [3.05, 3.63) is 72.8 Å². The van der Waals surface area contributed by atoms with Crippen molar-refractivity contribution in [1.82, 2.24) is 59.5 Å². The zero-order valence-electron chi connectivity index (χ0n) is 42.6. The van der Waals surface area contributed by atoms with Crippen molar-refractivity contribution in [3.63, 3.8) is 0 Å². The summed E-state index contributed by atoms with van der Waals surface area (Å²) in [5.41, 5.74) is 5.20. The molecule has 8 bridgehead atoms. The van der Waals surface area contributed by atoms with E-state index in [0.29, 0.717) is 148 Å². The number of H-pyrrole nitrogens is 2. The molecular weight excluding hydrogens is 969 g/mol. The first-order valence-electron chi connectivity index (χ1n) is 26.7. The van der Waals surface area contributed by atoms with E-state index >= 15 is 0 Å². The van der Waals surface area contributed by atoms with Gasteiger partial charge in [0.25, 0.3) is 0 Å². The van der Waals surface area contributed by atoms with Crippen LogP contribution in [0, 0.1) is 0 Å². The molecule has 0 radical (unpaired) electrons. The topological polar surface area (TPSA) is 196 Å². The van der Waals surface area contributed by atoms with Gasteiger partial charge in [-0.3, -0.25) is 19.6 Å². The molecule has 394 valence electrons. The highest BCUT2D eigenvalue weighted by atomic mass is 16.5. The summed E-state index contributed by atoms with van der Waals surface area (Å²) in [7, 11) is 0. The van der Waals surface area contributed by atoms with Gasteiger partial charge in [-0.2, -0.15) is 0 Å². The van der Waals surface area contributed by atoms with Gasteiger partial charge in [0.2, 0.25) is 0 Å². The summed E-state index contributed by atoms with van der Waals surface area (Å²) in [5.74, 6) is 4.40. The van der Waals surface area contributed by atoms with Crippen LogP contribution in [0.2, 0.25) is 0 Å². The zero-order chi connectivity index (χ0) is 50.6. The lowest BCUT2D eigenvalue weighted by Gasteiger charge is -2.26. The van der Waals surface area contributed by atoms with Gasteiger partial charge in [-0.1, -0.05) is 48.5 Å². The van der Waals surface area contributed by atoms with E-state index in [4.69, 9.17) is 67.8 Å². The van der Waals surface area contributed by atoms with Crippen molar-refractivity contribution in [2.45, 2.75) is 0 Å². The highest BCUT2D eigenvalue weighted by Crippen LogP contribution is 2.45. The molecule has 76 heavy (non-hydrogen) atoms. The maximum absolute atomic E-state index is 6.69. The van der Waals surface area contributed by atoms with Crippen LogP contribution in [-0.4, -0.2) is 217 Å². The van der Waals surface area contributed by atoms with Crippen molar-refractivity contribution in [2.24, 2.45) is 0 Å². The van der Waals surface area contributed by atoms with E-state index in [2.05, 4.69) is 29.6 Å². The number of aromatic nitrogens is 8. The molecule has 4 saturated heterocycles. The van der Waals surface area contributed by atoms with Crippen LogP contribution in [0.15, 0.2) is 72.8 Å². The molecule has 13 rings (SSSR count). The number of ether oxygens (including phenoxy) is 8. The molecule has 20 heteroatoms. The van der Waals surface area contributed by atoms with Gasteiger partial charge in [-0.15, -0.1) is 0 Å². The van der Waals surface area contributed by atoms with E-state index in [1.807, 2.05) is 72.8 Å². The predicted octanol–water partition coefficient (Wildman–Crippen LogP) is 5.71. The van der Waals surface area contributed by atoms with Crippen molar-refractivity contribution in [1.29, 1.82) is 0 Å². The molecule has 0 saturated carbocycles. The Balaban J connectivity index is 1.00. The molecule has 20 nitrogen and oxygen atoms in total. The van der Waals surface area contributed by atoms with Crippen LogP contribution < -0.4 is 18.9 Å². The number of hydrogen-bond donors (Lipinski definition) is 2. The number of morpholine rings is 4. The van der Waals surface area contributed by atoms with Crippen molar-refractivity contribution in [2.75, 3.05) is 158 Å². The maximum atomic E-state index is 6.69. The average Bonchev–Trinajstić information content (AvgIpc) is 4.24. The lowest BCUT2D eigenvalue weighted by molar-refractivity contribution is 0.0322. The zero-order valence-corrected chi connectivity index (χ0v) is 42.6. The van der Waals surface area contributed by atoms with E-state index in [9.17, 15) is 0 Å². The number of fused-ring (bicyclic) bond motifs is 20. The van der Waals surface area contributed by atoms with Crippen LogP contribution in [0.4, 0.5) is 0 Å². The molecule has 0 aliphatic carbocycles. The lowest BCUT2D eigenvalue weighted by atomic mass is 10.1. The number of aromatic amines is 2. The van der Waals surface area contributed by atoms with Gasteiger partial charge < -0.3 is 47.9 Å².